The molecule has 3 nitrogen and oxygen atoms in total. The van der Waals surface area contributed by atoms with Gasteiger partial charge in [0.15, 0.2) is 0 Å². The minimum Gasteiger partial charge on any atom is -0.323 e. The summed E-state index contributed by atoms with van der Waals surface area (Å²) in [6.45, 7) is 1.80. The molecule has 5 heteroatoms. The molecular weight excluding hydrogens is 348 g/mol. The molecule has 0 aromatic heterocycles. The first-order valence-corrected chi connectivity index (χ1v) is 7.05. The highest BCUT2D eigenvalue weighted by molar-refractivity contribution is 9.11. The number of hydrogen-bond acceptors (Lipinski definition) is 2. The Kier molecular flexibility index (Phi) is 3.61. The van der Waals surface area contributed by atoms with E-state index >= 15 is 0 Å². The van der Waals surface area contributed by atoms with Crippen LogP contribution < -0.4 is 11.1 Å². The fraction of sp³-hybridized carbons (Fsp3) is 0.417. The van der Waals surface area contributed by atoms with Gasteiger partial charge in [-0.25, -0.2) is 0 Å². The van der Waals surface area contributed by atoms with Gasteiger partial charge in [-0.3, -0.25) is 4.79 Å². The Morgan fingerprint density at radius 2 is 2.12 bits per heavy atom. The second-order valence-electron chi connectivity index (χ2n) is 4.64. The van der Waals surface area contributed by atoms with Crippen LogP contribution in [0.2, 0.25) is 0 Å². The minimum absolute atomic E-state index is 0.122. The molecule has 92 valence electrons. The van der Waals surface area contributed by atoms with Crippen molar-refractivity contribution in [3.05, 3.63) is 27.1 Å². The molecule has 0 heterocycles. The van der Waals surface area contributed by atoms with Gasteiger partial charge < -0.3 is 11.1 Å². The number of carbonyl (C=O) groups excluding carboxylic acids is 1. The smallest absolute Gasteiger partial charge is 0.244 e. The second kappa shape index (κ2) is 4.71. The minimum atomic E-state index is -0.771. The molecule has 0 bridgehead atoms. The van der Waals surface area contributed by atoms with E-state index in [-0.39, 0.29) is 5.91 Å². The van der Waals surface area contributed by atoms with Crippen molar-refractivity contribution in [3.63, 3.8) is 0 Å². The summed E-state index contributed by atoms with van der Waals surface area (Å²) in [7, 11) is 0. The van der Waals surface area contributed by atoms with Crippen molar-refractivity contribution in [1.29, 1.82) is 0 Å². The zero-order valence-electron chi connectivity index (χ0n) is 9.47. The molecule has 1 amide bonds. The Morgan fingerprint density at radius 3 is 2.65 bits per heavy atom. The van der Waals surface area contributed by atoms with Gasteiger partial charge in [-0.15, -0.1) is 0 Å². The van der Waals surface area contributed by atoms with Crippen molar-refractivity contribution in [2.45, 2.75) is 25.3 Å². The molecule has 2 rings (SSSR count). The largest absolute Gasteiger partial charge is 0.323 e. The Hall–Kier alpha value is -0.390. The molecule has 1 aromatic carbocycles. The van der Waals surface area contributed by atoms with Crippen LogP contribution in [0.15, 0.2) is 27.1 Å². The van der Waals surface area contributed by atoms with Crippen LogP contribution in [0.5, 0.6) is 0 Å². The summed E-state index contributed by atoms with van der Waals surface area (Å²) >= 11 is 6.78. The third kappa shape index (κ3) is 2.89. The van der Waals surface area contributed by atoms with Gasteiger partial charge in [-0.1, -0.05) is 15.9 Å². The molecule has 1 unspecified atom stereocenters. The van der Waals surface area contributed by atoms with Crippen molar-refractivity contribution in [2.75, 3.05) is 5.32 Å². The van der Waals surface area contributed by atoms with Crippen molar-refractivity contribution >= 4 is 43.5 Å². The summed E-state index contributed by atoms with van der Waals surface area (Å²) in [5.74, 6) is 0.194. The maximum atomic E-state index is 12.1. The van der Waals surface area contributed by atoms with E-state index in [4.69, 9.17) is 5.73 Å². The standard InChI is InChI=1S/C12H14Br2N2O/c1-12(15,7-2-3-7)11(17)16-10-5-4-8(13)6-9(10)14/h4-7H,2-3,15H2,1H3,(H,16,17). The van der Waals surface area contributed by atoms with E-state index < -0.39 is 5.54 Å². The van der Waals surface area contributed by atoms with Gasteiger partial charge >= 0.3 is 0 Å². The summed E-state index contributed by atoms with van der Waals surface area (Å²) < 4.78 is 1.80. The van der Waals surface area contributed by atoms with Gasteiger partial charge in [0, 0.05) is 8.95 Å². The van der Waals surface area contributed by atoms with Crippen molar-refractivity contribution < 1.29 is 4.79 Å². The monoisotopic (exact) mass is 360 g/mol. The van der Waals surface area contributed by atoms with E-state index in [1.807, 2.05) is 18.2 Å². The van der Waals surface area contributed by atoms with E-state index in [1.54, 1.807) is 6.92 Å². The molecule has 1 fully saturated rings. The third-order valence-corrected chi connectivity index (χ3v) is 4.24. The zero-order valence-corrected chi connectivity index (χ0v) is 12.6. The number of nitrogens with two attached hydrogens (primary N) is 1. The van der Waals surface area contributed by atoms with Crippen molar-refractivity contribution in [3.8, 4) is 0 Å². The molecule has 1 aliphatic carbocycles. The van der Waals surface area contributed by atoms with Gasteiger partial charge in [-0.05, 0) is 59.8 Å². The highest BCUT2D eigenvalue weighted by Gasteiger charge is 2.44. The number of carbonyl (C=O) groups is 1. The predicted molar refractivity (Wildman–Crippen MR) is 75.8 cm³/mol. The maximum Gasteiger partial charge on any atom is 0.244 e. The molecule has 0 saturated heterocycles. The van der Waals surface area contributed by atoms with Crippen molar-refractivity contribution in [1.82, 2.24) is 0 Å². The van der Waals surface area contributed by atoms with Gasteiger partial charge in [0.25, 0.3) is 0 Å². The van der Waals surface area contributed by atoms with Crippen LogP contribution in [-0.4, -0.2) is 11.4 Å². The van der Waals surface area contributed by atoms with Crippen LogP contribution in [0.4, 0.5) is 5.69 Å². The van der Waals surface area contributed by atoms with Gasteiger partial charge in [0.2, 0.25) is 5.91 Å². The van der Waals surface area contributed by atoms with E-state index in [0.717, 1.165) is 27.5 Å². The number of rotatable bonds is 3. The molecule has 1 aliphatic rings. The molecular formula is C12H14Br2N2O. The first-order chi connectivity index (χ1) is 7.91. The number of halogens is 2. The summed E-state index contributed by atoms with van der Waals surface area (Å²) in [5.41, 5.74) is 6.03. The molecule has 0 aliphatic heterocycles. The number of anilines is 1. The number of amides is 1. The Labute approximate surface area is 117 Å². The van der Waals surface area contributed by atoms with Gasteiger partial charge in [0.05, 0.1) is 11.2 Å². The fourth-order valence-corrected chi connectivity index (χ4v) is 2.86. The first-order valence-electron chi connectivity index (χ1n) is 5.46. The molecule has 3 N–H and O–H groups in total. The summed E-state index contributed by atoms with van der Waals surface area (Å²) in [6.07, 6.45) is 2.09. The lowest BCUT2D eigenvalue weighted by Crippen LogP contribution is -2.50. The average molecular weight is 362 g/mol. The Morgan fingerprint density at radius 1 is 1.47 bits per heavy atom. The SMILES string of the molecule is CC(N)(C(=O)Nc1ccc(Br)cc1Br)C1CC1. The van der Waals surface area contributed by atoms with Crippen LogP contribution in [0.25, 0.3) is 0 Å². The second-order valence-corrected chi connectivity index (χ2v) is 6.41. The highest BCUT2D eigenvalue weighted by Crippen LogP contribution is 2.39. The van der Waals surface area contributed by atoms with E-state index in [0.29, 0.717) is 5.92 Å². The summed E-state index contributed by atoms with van der Waals surface area (Å²) in [6, 6.07) is 5.61. The third-order valence-electron chi connectivity index (χ3n) is 3.09. The van der Waals surface area contributed by atoms with Crippen LogP contribution in [-0.2, 0) is 4.79 Å². The Bertz CT molecular complexity index is 456. The average Bonchev–Trinajstić information content (AvgIpc) is 3.05. The highest BCUT2D eigenvalue weighted by atomic mass is 79.9. The predicted octanol–water partition coefficient (Wildman–Crippen LogP) is 3.28. The maximum absolute atomic E-state index is 12.1. The zero-order chi connectivity index (χ0) is 12.6. The van der Waals surface area contributed by atoms with E-state index in [2.05, 4.69) is 37.2 Å². The summed E-state index contributed by atoms with van der Waals surface area (Å²) in [4.78, 5) is 12.1. The first kappa shape index (κ1) is 13.1. The summed E-state index contributed by atoms with van der Waals surface area (Å²) in [5, 5.41) is 2.87. The van der Waals surface area contributed by atoms with Gasteiger partial charge in [-0.2, -0.15) is 0 Å². The molecule has 1 saturated carbocycles. The molecule has 0 spiro atoms. The molecule has 1 atom stereocenters. The normalized spacial score (nSPS) is 18.6. The van der Waals surface area contributed by atoms with Crippen LogP contribution >= 0.6 is 31.9 Å². The number of nitrogens with one attached hydrogen (secondary N) is 1. The number of hydrogen-bond donors (Lipinski definition) is 2. The lowest BCUT2D eigenvalue weighted by molar-refractivity contribution is -0.121. The Balaban J connectivity index is 2.12. The molecule has 1 aromatic rings. The van der Waals surface area contributed by atoms with E-state index in [1.165, 1.54) is 0 Å². The number of benzene rings is 1. The lowest BCUT2D eigenvalue weighted by Gasteiger charge is -2.23. The van der Waals surface area contributed by atoms with Gasteiger partial charge in [0.1, 0.15) is 0 Å². The topological polar surface area (TPSA) is 55.1 Å². The lowest BCUT2D eigenvalue weighted by atomic mass is 9.96. The molecule has 17 heavy (non-hydrogen) atoms. The van der Waals surface area contributed by atoms with Crippen LogP contribution in [0.1, 0.15) is 19.8 Å². The van der Waals surface area contributed by atoms with E-state index in [9.17, 15) is 4.79 Å². The van der Waals surface area contributed by atoms with Crippen molar-refractivity contribution in [2.24, 2.45) is 11.7 Å². The van der Waals surface area contributed by atoms with Crippen LogP contribution in [0.3, 0.4) is 0 Å². The quantitative estimate of drug-likeness (QED) is 0.867. The molecule has 0 radical (unpaired) electrons. The van der Waals surface area contributed by atoms with Crippen LogP contribution in [0, 0.1) is 5.92 Å². The fourth-order valence-electron chi connectivity index (χ4n) is 1.72.